The highest BCUT2D eigenvalue weighted by molar-refractivity contribution is 5.84. The second kappa shape index (κ2) is 8.85. The normalized spacial score (nSPS) is 23.1. The van der Waals surface area contributed by atoms with Crippen molar-refractivity contribution in [2.24, 2.45) is 11.3 Å². The molecule has 8 nitrogen and oxygen atoms in total. The zero-order valence-corrected chi connectivity index (χ0v) is 19.6. The molecule has 0 aliphatic heterocycles. The Balaban J connectivity index is 1.79. The number of nitrogens with one attached hydrogen (secondary N) is 2. The second-order valence-electron chi connectivity index (χ2n) is 10.1. The van der Waals surface area contributed by atoms with Gasteiger partial charge < -0.3 is 26.0 Å². The molecule has 0 spiro atoms. The highest BCUT2D eigenvalue weighted by Gasteiger charge is 2.47. The van der Waals surface area contributed by atoms with Crippen LogP contribution in [0, 0.1) is 18.3 Å². The van der Waals surface area contributed by atoms with Crippen LogP contribution in [0.15, 0.2) is 36.4 Å². The summed E-state index contributed by atoms with van der Waals surface area (Å²) in [5.74, 6) is 0.428. The van der Waals surface area contributed by atoms with Crippen molar-refractivity contribution in [3.63, 3.8) is 0 Å². The summed E-state index contributed by atoms with van der Waals surface area (Å²) in [7, 11) is 0. The molecule has 2 heterocycles. The summed E-state index contributed by atoms with van der Waals surface area (Å²) >= 11 is 0. The number of anilines is 2. The predicted octanol–water partition coefficient (Wildman–Crippen LogP) is 3.32. The molecule has 1 aromatic carbocycles. The topological polar surface area (TPSA) is 123 Å². The smallest absolute Gasteiger partial charge is 0.224 e. The fraction of sp³-hybridized carbons (Fsp3) is 0.480. The number of pyridine rings is 1. The molecule has 0 saturated heterocycles. The molecule has 2 aromatic heterocycles. The zero-order chi connectivity index (χ0) is 23.8. The quantitative estimate of drug-likeness (QED) is 0.362. The number of fused-ring (bicyclic) bond motifs is 1. The van der Waals surface area contributed by atoms with Crippen molar-refractivity contribution in [1.82, 2.24) is 15.0 Å². The average Bonchev–Trinajstić information content (AvgIpc) is 3.05. The third-order valence-corrected chi connectivity index (χ3v) is 6.12. The minimum absolute atomic E-state index is 0.0254. The number of aromatic nitrogens is 3. The first-order chi connectivity index (χ1) is 15.6. The first-order valence-corrected chi connectivity index (χ1v) is 11.4. The van der Waals surface area contributed by atoms with Gasteiger partial charge in [0.2, 0.25) is 5.95 Å². The van der Waals surface area contributed by atoms with E-state index in [9.17, 15) is 15.3 Å². The SMILES string of the molecule is Cc1nc(NCC(C)(C)C)nc(NC2(O)CCC(CO)C2O)c1-c1ccc2ccccc2n1. The van der Waals surface area contributed by atoms with Gasteiger partial charge in [-0.2, -0.15) is 4.98 Å². The van der Waals surface area contributed by atoms with Crippen LogP contribution < -0.4 is 10.6 Å². The summed E-state index contributed by atoms with van der Waals surface area (Å²) in [5.41, 5.74) is 1.29. The van der Waals surface area contributed by atoms with Crippen LogP contribution in [0.3, 0.4) is 0 Å². The van der Waals surface area contributed by atoms with E-state index < -0.39 is 17.7 Å². The monoisotopic (exact) mass is 451 g/mol. The van der Waals surface area contributed by atoms with Crippen LogP contribution in [0.5, 0.6) is 0 Å². The summed E-state index contributed by atoms with van der Waals surface area (Å²) in [6.07, 6.45) is -0.331. The Morgan fingerprint density at radius 3 is 2.55 bits per heavy atom. The molecule has 0 radical (unpaired) electrons. The lowest BCUT2D eigenvalue weighted by Crippen LogP contribution is -2.48. The zero-order valence-electron chi connectivity index (χ0n) is 19.6. The van der Waals surface area contributed by atoms with Crippen molar-refractivity contribution in [2.45, 2.75) is 52.4 Å². The van der Waals surface area contributed by atoms with E-state index in [2.05, 4.69) is 41.4 Å². The number of benzene rings is 1. The highest BCUT2D eigenvalue weighted by Crippen LogP contribution is 2.38. The summed E-state index contributed by atoms with van der Waals surface area (Å²) in [6.45, 7) is 8.71. The van der Waals surface area contributed by atoms with Gasteiger partial charge in [-0.25, -0.2) is 9.97 Å². The third-order valence-electron chi connectivity index (χ3n) is 6.12. The van der Waals surface area contributed by atoms with Crippen molar-refractivity contribution in [3.05, 3.63) is 42.1 Å². The first-order valence-electron chi connectivity index (χ1n) is 11.4. The lowest BCUT2D eigenvalue weighted by atomic mass is 9.97. The Kier molecular flexibility index (Phi) is 6.26. The van der Waals surface area contributed by atoms with Crippen LogP contribution >= 0.6 is 0 Å². The second-order valence-corrected chi connectivity index (χ2v) is 10.1. The Labute approximate surface area is 194 Å². The van der Waals surface area contributed by atoms with Crippen LogP contribution in [0.4, 0.5) is 11.8 Å². The van der Waals surface area contributed by atoms with Gasteiger partial charge in [-0.3, -0.25) is 0 Å². The molecule has 176 valence electrons. The number of nitrogens with zero attached hydrogens (tertiary/aromatic N) is 3. The standard InChI is InChI=1S/C25H33N5O3/c1-15-20(19-10-9-16-7-5-6-8-18(16)28-19)22(29-23(27-15)26-14-24(2,3)4)30-25(33)12-11-17(13-31)21(25)32/h5-10,17,21,31-33H,11-14H2,1-4H3,(H2,26,27,29,30). The molecule has 1 aliphatic carbocycles. The highest BCUT2D eigenvalue weighted by atomic mass is 16.4. The van der Waals surface area contributed by atoms with E-state index in [0.717, 1.165) is 10.9 Å². The summed E-state index contributed by atoms with van der Waals surface area (Å²) in [4.78, 5) is 14.1. The van der Waals surface area contributed by atoms with E-state index in [0.29, 0.717) is 41.7 Å². The minimum Gasteiger partial charge on any atom is -0.396 e. The van der Waals surface area contributed by atoms with Crippen LogP contribution in [-0.4, -0.2) is 55.3 Å². The molecule has 3 atom stereocenters. The lowest BCUT2D eigenvalue weighted by Gasteiger charge is -2.31. The van der Waals surface area contributed by atoms with Gasteiger partial charge >= 0.3 is 0 Å². The van der Waals surface area contributed by atoms with Gasteiger partial charge in [-0.15, -0.1) is 0 Å². The largest absolute Gasteiger partial charge is 0.396 e. The average molecular weight is 452 g/mol. The van der Waals surface area contributed by atoms with Crippen LogP contribution in [-0.2, 0) is 0 Å². The fourth-order valence-electron chi connectivity index (χ4n) is 4.23. The fourth-order valence-corrected chi connectivity index (χ4v) is 4.23. The number of aliphatic hydroxyl groups is 3. The molecule has 0 bridgehead atoms. The molecular formula is C25H33N5O3. The number of aryl methyl sites for hydroxylation is 1. The Morgan fingerprint density at radius 2 is 1.85 bits per heavy atom. The molecule has 1 fully saturated rings. The van der Waals surface area contributed by atoms with Gasteiger partial charge in [0.05, 0.1) is 22.5 Å². The Morgan fingerprint density at radius 1 is 1.09 bits per heavy atom. The number of para-hydroxylation sites is 1. The van der Waals surface area contributed by atoms with Gasteiger partial charge in [0.25, 0.3) is 0 Å². The molecule has 4 rings (SSSR count). The van der Waals surface area contributed by atoms with Crippen molar-refractivity contribution < 1.29 is 15.3 Å². The number of aliphatic hydroxyl groups excluding tert-OH is 2. The van der Waals surface area contributed by atoms with E-state index in [-0.39, 0.29) is 18.4 Å². The molecular weight excluding hydrogens is 418 g/mol. The summed E-state index contributed by atoms with van der Waals surface area (Å²) in [5, 5.41) is 38.8. The molecule has 3 unspecified atom stereocenters. The van der Waals surface area contributed by atoms with E-state index in [1.165, 1.54) is 0 Å². The third kappa shape index (κ3) is 4.93. The van der Waals surface area contributed by atoms with Gasteiger partial charge in [0.1, 0.15) is 11.9 Å². The molecule has 3 aromatic rings. The molecule has 8 heteroatoms. The van der Waals surface area contributed by atoms with E-state index in [4.69, 9.17) is 4.98 Å². The van der Waals surface area contributed by atoms with E-state index in [1.54, 1.807) is 0 Å². The molecule has 0 amide bonds. The maximum atomic E-state index is 11.2. The van der Waals surface area contributed by atoms with Gasteiger partial charge in [-0.1, -0.05) is 45.0 Å². The number of hydrogen-bond acceptors (Lipinski definition) is 8. The maximum Gasteiger partial charge on any atom is 0.224 e. The van der Waals surface area contributed by atoms with Gasteiger partial charge in [0.15, 0.2) is 5.72 Å². The maximum absolute atomic E-state index is 11.2. The molecule has 33 heavy (non-hydrogen) atoms. The van der Waals surface area contributed by atoms with Crippen molar-refractivity contribution >= 4 is 22.7 Å². The molecule has 5 N–H and O–H groups in total. The van der Waals surface area contributed by atoms with E-state index >= 15 is 0 Å². The summed E-state index contributed by atoms with van der Waals surface area (Å²) in [6, 6.07) is 11.8. The van der Waals surface area contributed by atoms with E-state index in [1.807, 2.05) is 43.3 Å². The summed E-state index contributed by atoms with van der Waals surface area (Å²) < 4.78 is 0. The Hall–Kier alpha value is -2.81. The van der Waals surface area contributed by atoms with Crippen molar-refractivity contribution in [3.8, 4) is 11.3 Å². The molecule has 1 aliphatic rings. The Bertz CT molecular complexity index is 1150. The van der Waals surface area contributed by atoms with Crippen molar-refractivity contribution in [1.29, 1.82) is 0 Å². The van der Waals surface area contributed by atoms with Crippen molar-refractivity contribution in [2.75, 3.05) is 23.8 Å². The van der Waals surface area contributed by atoms with Gasteiger partial charge in [-0.05, 0) is 37.3 Å². The lowest BCUT2D eigenvalue weighted by molar-refractivity contribution is -0.0545. The predicted molar refractivity (Wildman–Crippen MR) is 130 cm³/mol. The van der Waals surface area contributed by atoms with Crippen LogP contribution in [0.25, 0.3) is 22.2 Å². The number of rotatable bonds is 6. The van der Waals surface area contributed by atoms with Crippen LogP contribution in [0.1, 0.15) is 39.3 Å². The number of hydrogen-bond donors (Lipinski definition) is 5. The first kappa shape index (κ1) is 23.4. The minimum atomic E-state index is -1.61. The van der Waals surface area contributed by atoms with Gasteiger partial charge in [0, 0.05) is 24.5 Å². The van der Waals surface area contributed by atoms with Crippen LogP contribution in [0.2, 0.25) is 0 Å². The molecule has 1 saturated carbocycles.